The number of rotatable bonds is 8. The summed E-state index contributed by atoms with van der Waals surface area (Å²) < 4.78 is 4.79. The molecule has 0 aliphatic rings. The van der Waals surface area contributed by atoms with E-state index < -0.39 is 6.10 Å². The van der Waals surface area contributed by atoms with Gasteiger partial charge in [-0.1, -0.05) is 50.8 Å². The highest BCUT2D eigenvalue weighted by Crippen LogP contribution is 2.04. The van der Waals surface area contributed by atoms with Gasteiger partial charge in [0.15, 0.2) is 0 Å². The first-order chi connectivity index (χ1) is 11.9. The second-order valence-corrected chi connectivity index (χ2v) is 5.82. The summed E-state index contributed by atoms with van der Waals surface area (Å²) in [7, 11) is 0. The number of aliphatic hydroxyl groups excluding tert-OH is 3. The van der Waals surface area contributed by atoms with Crippen LogP contribution in [-0.2, 0) is 4.74 Å². The van der Waals surface area contributed by atoms with E-state index in [2.05, 4.69) is 6.92 Å². The van der Waals surface area contributed by atoms with Crippen molar-refractivity contribution in [2.24, 2.45) is 0 Å². The van der Waals surface area contributed by atoms with Crippen LogP contribution in [-0.4, -0.2) is 46.7 Å². The number of esters is 1. The van der Waals surface area contributed by atoms with Gasteiger partial charge in [-0.15, -0.1) is 0 Å². The Bertz CT molecular complexity index is 390. The normalized spacial score (nSPS) is 12.0. The van der Waals surface area contributed by atoms with Crippen LogP contribution in [0.25, 0.3) is 0 Å². The third-order valence-corrected chi connectivity index (χ3v) is 3.02. The van der Waals surface area contributed by atoms with Crippen LogP contribution >= 0.6 is 0 Å². The molecule has 0 heterocycles. The highest BCUT2D eigenvalue weighted by molar-refractivity contribution is 5.89. The molecule has 0 saturated carbocycles. The maximum absolute atomic E-state index is 11.0. The van der Waals surface area contributed by atoms with E-state index in [9.17, 15) is 4.79 Å². The minimum atomic E-state index is -0.560. The summed E-state index contributed by atoms with van der Waals surface area (Å²) in [4.78, 5) is 11.0. The van der Waals surface area contributed by atoms with Crippen LogP contribution < -0.4 is 0 Å². The van der Waals surface area contributed by atoms with E-state index >= 15 is 0 Å². The molecule has 0 amide bonds. The van der Waals surface area contributed by atoms with Crippen LogP contribution in [0.5, 0.6) is 0 Å². The molecular weight excluding hydrogens is 320 g/mol. The van der Waals surface area contributed by atoms with Crippen molar-refractivity contribution in [3.05, 3.63) is 35.9 Å². The highest BCUT2D eigenvalue weighted by atomic mass is 16.5. The second kappa shape index (κ2) is 18.9. The number of unbranched alkanes of at least 4 members (excludes halogenated alkanes) is 3. The molecule has 25 heavy (non-hydrogen) atoms. The number of carbonyl (C=O) groups excluding carboxylic acids is 1. The third-order valence-electron chi connectivity index (χ3n) is 3.02. The van der Waals surface area contributed by atoms with Crippen molar-refractivity contribution in [1.29, 1.82) is 0 Å². The van der Waals surface area contributed by atoms with E-state index in [1.807, 2.05) is 25.1 Å². The molecule has 0 aromatic heterocycles. The average molecular weight is 357 g/mol. The molecule has 0 bridgehead atoms. The number of hydrogen-bond donors (Lipinski definition) is 3. The summed E-state index contributed by atoms with van der Waals surface area (Å²) in [6, 6.07) is 8.96. The molecule has 0 spiro atoms. The Kier molecular flexibility index (Phi) is 19.5. The van der Waals surface area contributed by atoms with Gasteiger partial charge in [0.2, 0.25) is 0 Å². The summed E-state index contributed by atoms with van der Waals surface area (Å²) in [5, 5.41) is 24.9. The van der Waals surface area contributed by atoms with Gasteiger partial charge in [-0.3, -0.25) is 0 Å². The van der Waals surface area contributed by atoms with Crippen molar-refractivity contribution >= 4 is 5.97 Å². The van der Waals surface area contributed by atoms with Gasteiger partial charge in [-0.25, -0.2) is 4.79 Å². The fourth-order valence-electron chi connectivity index (χ4n) is 1.66. The van der Waals surface area contributed by atoms with Gasteiger partial charge in [0.1, 0.15) is 0 Å². The SMILES string of the molecule is CC(O)CO.CCCCCCC(C)O.CCOC(=O)c1ccccc1. The predicted octanol–water partition coefficient (Wildman–Crippen LogP) is 3.56. The van der Waals surface area contributed by atoms with Crippen molar-refractivity contribution in [3.63, 3.8) is 0 Å². The van der Waals surface area contributed by atoms with Gasteiger partial charge in [0.05, 0.1) is 31.0 Å². The summed E-state index contributed by atoms with van der Waals surface area (Å²) in [5.74, 6) is -0.256. The standard InChI is InChI=1S/C9H10O2.C8H18O.C3H8O2/c1-2-11-9(10)8-6-4-3-5-7-8;1-3-4-5-6-7-8(2)9;1-3(5)2-4/h3-7H,2H2,1H3;8-9H,3-7H2,1-2H3;3-5H,2H2,1H3. The first-order valence-electron chi connectivity index (χ1n) is 9.08. The largest absolute Gasteiger partial charge is 0.462 e. The number of ether oxygens (including phenoxy) is 1. The van der Waals surface area contributed by atoms with E-state index in [1.165, 1.54) is 32.6 Å². The van der Waals surface area contributed by atoms with E-state index in [0.717, 1.165) is 6.42 Å². The lowest BCUT2D eigenvalue weighted by Crippen LogP contribution is -2.03. The van der Waals surface area contributed by atoms with E-state index in [-0.39, 0.29) is 18.7 Å². The maximum atomic E-state index is 11.0. The average Bonchev–Trinajstić information content (AvgIpc) is 2.60. The van der Waals surface area contributed by atoms with Crippen LogP contribution in [0.2, 0.25) is 0 Å². The van der Waals surface area contributed by atoms with E-state index in [0.29, 0.717) is 12.2 Å². The molecule has 1 aromatic rings. The first-order valence-corrected chi connectivity index (χ1v) is 9.08. The number of aliphatic hydroxyl groups is 3. The molecule has 0 aliphatic carbocycles. The molecular formula is C20H36O5. The fraction of sp³-hybridized carbons (Fsp3) is 0.650. The zero-order valence-electron chi connectivity index (χ0n) is 16.1. The molecule has 5 nitrogen and oxygen atoms in total. The monoisotopic (exact) mass is 356 g/mol. The van der Waals surface area contributed by atoms with Gasteiger partial charge in [-0.2, -0.15) is 0 Å². The van der Waals surface area contributed by atoms with Gasteiger partial charge in [0.25, 0.3) is 0 Å². The molecule has 1 rings (SSSR count). The number of benzene rings is 1. The fourth-order valence-corrected chi connectivity index (χ4v) is 1.66. The summed E-state index contributed by atoms with van der Waals surface area (Å²) >= 11 is 0. The third kappa shape index (κ3) is 20.5. The van der Waals surface area contributed by atoms with E-state index in [1.54, 1.807) is 19.1 Å². The lowest BCUT2D eigenvalue weighted by Gasteiger charge is -2.01. The second-order valence-electron chi connectivity index (χ2n) is 5.82. The lowest BCUT2D eigenvalue weighted by molar-refractivity contribution is 0.0526. The molecule has 2 unspecified atom stereocenters. The van der Waals surface area contributed by atoms with Gasteiger partial charge in [0, 0.05) is 0 Å². The molecule has 5 heteroatoms. The summed E-state index contributed by atoms with van der Waals surface area (Å²) in [6.45, 7) is 7.66. The number of hydrogen-bond acceptors (Lipinski definition) is 5. The molecule has 0 saturated heterocycles. The smallest absolute Gasteiger partial charge is 0.338 e. The van der Waals surface area contributed by atoms with Crippen LogP contribution in [0.1, 0.15) is 70.2 Å². The molecule has 146 valence electrons. The summed E-state index contributed by atoms with van der Waals surface area (Å²) in [6.07, 6.45) is 5.37. The van der Waals surface area contributed by atoms with Crippen LogP contribution in [0.3, 0.4) is 0 Å². The first kappa shape index (κ1) is 25.8. The van der Waals surface area contributed by atoms with Gasteiger partial charge in [-0.05, 0) is 39.3 Å². The lowest BCUT2D eigenvalue weighted by atomic mass is 10.1. The molecule has 0 radical (unpaired) electrons. The Balaban J connectivity index is 0. The maximum Gasteiger partial charge on any atom is 0.338 e. The quantitative estimate of drug-likeness (QED) is 0.490. The van der Waals surface area contributed by atoms with Crippen LogP contribution in [0.4, 0.5) is 0 Å². The van der Waals surface area contributed by atoms with Crippen molar-refractivity contribution in [3.8, 4) is 0 Å². The molecule has 1 aromatic carbocycles. The Morgan fingerprint density at radius 1 is 1.00 bits per heavy atom. The number of carbonyl (C=O) groups is 1. The molecule has 0 aliphatic heterocycles. The van der Waals surface area contributed by atoms with Gasteiger partial charge < -0.3 is 20.1 Å². The molecule has 2 atom stereocenters. The predicted molar refractivity (Wildman–Crippen MR) is 102 cm³/mol. The van der Waals surface area contributed by atoms with Crippen LogP contribution in [0.15, 0.2) is 30.3 Å². The molecule has 0 fully saturated rings. The zero-order chi connectivity index (χ0) is 19.5. The molecule has 3 N–H and O–H groups in total. The Morgan fingerprint density at radius 2 is 1.56 bits per heavy atom. The minimum Gasteiger partial charge on any atom is -0.462 e. The zero-order valence-corrected chi connectivity index (χ0v) is 16.1. The minimum absolute atomic E-state index is 0.0955. The van der Waals surface area contributed by atoms with Crippen molar-refractivity contribution in [1.82, 2.24) is 0 Å². The Morgan fingerprint density at radius 3 is 1.96 bits per heavy atom. The topological polar surface area (TPSA) is 87.0 Å². The van der Waals surface area contributed by atoms with Gasteiger partial charge >= 0.3 is 5.97 Å². The van der Waals surface area contributed by atoms with Crippen molar-refractivity contribution in [2.75, 3.05) is 13.2 Å². The Labute approximate surface area is 152 Å². The highest BCUT2D eigenvalue weighted by Gasteiger charge is 2.02. The van der Waals surface area contributed by atoms with Crippen LogP contribution in [0, 0.1) is 0 Å². The Hall–Kier alpha value is -1.43. The summed E-state index contributed by atoms with van der Waals surface area (Å²) in [5.41, 5.74) is 0.606. The van der Waals surface area contributed by atoms with Crippen molar-refractivity contribution in [2.45, 2.75) is 72.0 Å². The van der Waals surface area contributed by atoms with E-state index in [4.69, 9.17) is 20.1 Å². The van der Waals surface area contributed by atoms with Crippen molar-refractivity contribution < 1.29 is 24.9 Å².